The lowest BCUT2D eigenvalue weighted by Gasteiger charge is -2.15. The number of tetrazole rings is 1. The van der Waals surface area contributed by atoms with Gasteiger partial charge in [-0.3, -0.25) is 9.59 Å². The molecule has 0 spiro atoms. The van der Waals surface area contributed by atoms with Gasteiger partial charge in [-0.1, -0.05) is 11.6 Å². The van der Waals surface area contributed by atoms with Crippen molar-refractivity contribution in [2.75, 3.05) is 11.1 Å². The molecular weight excluding hydrogens is 591 g/mol. The molecule has 3 heterocycles. The standard InChI is InChI=1S/C24H20ClF5N10O2/c1-11-7-12(31)8-15(20(41)33-13-4-5-13)18(11)34-21(42)17-9-14(36-40(17)19-16(25)3-2-6-32-19)10-39-37-22(35-38-39)23(26,27)24(28,29)30/h2-3,6-9,13H,4-5,10,31H2,1H3,(H,33,41)(H,34,42). The Morgan fingerprint density at radius 3 is 2.52 bits per heavy atom. The van der Waals surface area contributed by atoms with Crippen LogP contribution < -0.4 is 16.4 Å². The third-order valence-electron chi connectivity index (χ3n) is 6.08. The SMILES string of the molecule is Cc1cc(N)cc(C(=O)NC2CC2)c1NC(=O)c1cc(Cn2nnc(C(F)(F)C(F)(F)F)n2)nn1-c1ncccc1Cl. The highest BCUT2D eigenvalue weighted by molar-refractivity contribution is 6.32. The number of hydrogen-bond acceptors (Lipinski definition) is 8. The molecule has 1 aliphatic rings. The number of nitrogens with one attached hydrogen (secondary N) is 2. The first-order chi connectivity index (χ1) is 19.7. The molecule has 1 aliphatic carbocycles. The second-order valence-electron chi connectivity index (χ2n) is 9.42. The molecular formula is C24H20ClF5N10O2. The summed E-state index contributed by atoms with van der Waals surface area (Å²) in [6, 6.07) is 7.22. The summed E-state index contributed by atoms with van der Waals surface area (Å²) in [5.41, 5.74) is 6.81. The molecule has 5 rings (SSSR count). The predicted octanol–water partition coefficient (Wildman–Crippen LogP) is 3.64. The monoisotopic (exact) mass is 610 g/mol. The summed E-state index contributed by atoms with van der Waals surface area (Å²) in [4.78, 5) is 31.1. The van der Waals surface area contributed by atoms with Crippen molar-refractivity contribution in [3.8, 4) is 5.82 Å². The van der Waals surface area contributed by atoms with Gasteiger partial charge in [0.15, 0.2) is 5.82 Å². The maximum absolute atomic E-state index is 13.6. The van der Waals surface area contributed by atoms with Crippen molar-refractivity contribution in [3.63, 3.8) is 0 Å². The third kappa shape index (κ3) is 5.72. The topological polar surface area (TPSA) is 159 Å². The Bertz CT molecular complexity index is 1680. The van der Waals surface area contributed by atoms with Crippen molar-refractivity contribution in [2.24, 2.45) is 0 Å². The van der Waals surface area contributed by atoms with E-state index >= 15 is 0 Å². The zero-order valence-electron chi connectivity index (χ0n) is 21.5. The smallest absolute Gasteiger partial charge is 0.399 e. The molecule has 2 amide bonds. The molecule has 1 fully saturated rings. The number of anilines is 2. The Morgan fingerprint density at radius 2 is 1.86 bits per heavy atom. The fraction of sp³-hybridized carbons (Fsp3) is 0.292. The minimum absolute atomic E-state index is 0.00661. The normalized spacial score (nSPS) is 13.7. The number of halogens is 6. The molecule has 0 aliphatic heterocycles. The van der Waals surface area contributed by atoms with Crippen LogP contribution in [0.4, 0.5) is 33.3 Å². The molecule has 1 aromatic carbocycles. The van der Waals surface area contributed by atoms with Crippen LogP contribution in [-0.4, -0.2) is 59.0 Å². The molecule has 0 saturated heterocycles. The van der Waals surface area contributed by atoms with Crippen LogP contribution in [0.3, 0.4) is 0 Å². The van der Waals surface area contributed by atoms with Gasteiger partial charge in [0.25, 0.3) is 17.6 Å². The van der Waals surface area contributed by atoms with E-state index in [0.29, 0.717) is 16.0 Å². The summed E-state index contributed by atoms with van der Waals surface area (Å²) < 4.78 is 66.5. The van der Waals surface area contributed by atoms with Crippen molar-refractivity contribution in [1.29, 1.82) is 0 Å². The van der Waals surface area contributed by atoms with Crippen LogP contribution in [0.1, 0.15) is 50.8 Å². The number of amides is 2. The lowest BCUT2D eigenvalue weighted by Crippen LogP contribution is -2.35. The van der Waals surface area contributed by atoms with E-state index < -0.39 is 36.3 Å². The summed E-state index contributed by atoms with van der Waals surface area (Å²) >= 11 is 6.27. The summed E-state index contributed by atoms with van der Waals surface area (Å²) in [5.74, 6) is -8.39. The molecule has 0 unspecified atom stereocenters. The Balaban J connectivity index is 1.50. The first-order valence-corrected chi connectivity index (χ1v) is 12.6. The number of pyridine rings is 1. The second kappa shape index (κ2) is 10.6. The molecule has 3 aromatic heterocycles. The van der Waals surface area contributed by atoms with Crippen LogP contribution >= 0.6 is 11.6 Å². The summed E-state index contributed by atoms with van der Waals surface area (Å²) in [6.45, 7) is 1.09. The molecule has 42 heavy (non-hydrogen) atoms. The highest BCUT2D eigenvalue weighted by atomic mass is 35.5. The van der Waals surface area contributed by atoms with Gasteiger partial charge < -0.3 is 16.4 Å². The second-order valence-corrected chi connectivity index (χ2v) is 9.83. The number of nitrogen functional groups attached to an aromatic ring is 1. The molecule has 18 heteroatoms. The van der Waals surface area contributed by atoms with E-state index in [1.54, 1.807) is 13.0 Å². The predicted molar refractivity (Wildman–Crippen MR) is 137 cm³/mol. The molecule has 220 valence electrons. The zero-order chi connectivity index (χ0) is 30.4. The Labute approximate surface area is 238 Å². The number of hydrogen-bond donors (Lipinski definition) is 3. The number of benzene rings is 1. The van der Waals surface area contributed by atoms with E-state index in [2.05, 4.69) is 36.1 Å². The minimum Gasteiger partial charge on any atom is -0.399 e. The first kappa shape index (κ1) is 28.8. The van der Waals surface area contributed by atoms with Gasteiger partial charge in [-0.25, -0.2) is 9.67 Å². The van der Waals surface area contributed by atoms with E-state index in [9.17, 15) is 31.5 Å². The van der Waals surface area contributed by atoms with Gasteiger partial charge in [0, 0.05) is 17.9 Å². The van der Waals surface area contributed by atoms with E-state index in [1.165, 1.54) is 30.5 Å². The number of alkyl halides is 5. The number of nitrogens with two attached hydrogens (primary N) is 1. The van der Waals surface area contributed by atoms with Crippen molar-refractivity contribution in [3.05, 3.63) is 69.9 Å². The zero-order valence-corrected chi connectivity index (χ0v) is 22.2. The van der Waals surface area contributed by atoms with Gasteiger partial charge in [0.1, 0.15) is 12.2 Å². The Hall–Kier alpha value is -4.67. The molecule has 4 N–H and O–H groups in total. The molecule has 12 nitrogen and oxygen atoms in total. The average molecular weight is 611 g/mol. The van der Waals surface area contributed by atoms with Gasteiger partial charge in [-0.15, -0.1) is 10.2 Å². The lowest BCUT2D eigenvalue weighted by molar-refractivity contribution is -0.292. The van der Waals surface area contributed by atoms with Crippen molar-refractivity contribution in [2.45, 2.75) is 44.5 Å². The van der Waals surface area contributed by atoms with Crippen LogP contribution in [0.15, 0.2) is 36.5 Å². The van der Waals surface area contributed by atoms with E-state index in [1.807, 2.05) is 0 Å². The van der Waals surface area contributed by atoms with Crippen molar-refractivity contribution in [1.82, 2.24) is 40.3 Å². The number of aryl methyl sites for hydroxylation is 1. The maximum Gasteiger partial charge on any atom is 0.461 e. The molecule has 4 aromatic rings. The fourth-order valence-corrected chi connectivity index (χ4v) is 4.10. The summed E-state index contributed by atoms with van der Waals surface area (Å²) in [7, 11) is 0. The van der Waals surface area contributed by atoms with Gasteiger partial charge >= 0.3 is 12.1 Å². The van der Waals surface area contributed by atoms with Crippen LogP contribution in [0, 0.1) is 6.92 Å². The quantitative estimate of drug-likeness (QED) is 0.201. The van der Waals surface area contributed by atoms with Crippen LogP contribution in [-0.2, 0) is 12.5 Å². The van der Waals surface area contributed by atoms with Crippen LogP contribution in [0.25, 0.3) is 5.82 Å². The Kier molecular flexibility index (Phi) is 7.30. The van der Waals surface area contributed by atoms with Gasteiger partial charge in [-0.2, -0.15) is 31.8 Å². The number of carbonyl (C=O) groups is 2. The number of aromatic nitrogens is 7. The molecule has 0 bridgehead atoms. The first-order valence-electron chi connectivity index (χ1n) is 12.2. The summed E-state index contributed by atoms with van der Waals surface area (Å²) in [6.07, 6.45) is -2.90. The number of nitrogens with zero attached hydrogens (tertiary/aromatic N) is 7. The van der Waals surface area contributed by atoms with E-state index in [0.717, 1.165) is 17.5 Å². The van der Waals surface area contributed by atoms with Gasteiger partial charge in [0.2, 0.25) is 0 Å². The number of carbonyl (C=O) groups excluding carboxylic acids is 2. The third-order valence-corrected chi connectivity index (χ3v) is 6.37. The highest BCUT2D eigenvalue weighted by Gasteiger charge is 2.62. The van der Waals surface area contributed by atoms with Gasteiger partial charge in [0.05, 0.1) is 22.0 Å². The van der Waals surface area contributed by atoms with Crippen molar-refractivity contribution >= 4 is 34.8 Å². The molecule has 0 atom stereocenters. The largest absolute Gasteiger partial charge is 0.461 e. The van der Waals surface area contributed by atoms with E-state index in [4.69, 9.17) is 17.3 Å². The van der Waals surface area contributed by atoms with Gasteiger partial charge in [-0.05, 0) is 60.9 Å². The highest BCUT2D eigenvalue weighted by Crippen LogP contribution is 2.41. The van der Waals surface area contributed by atoms with Crippen molar-refractivity contribution < 1.29 is 31.5 Å². The van der Waals surface area contributed by atoms with Crippen LogP contribution in [0.2, 0.25) is 5.02 Å². The molecule has 0 radical (unpaired) electrons. The van der Waals surface area contributed by atoms with Crippen LogP contribution in [0.5, 0.6) is 0 Å². The Morgan fingerprint density at radius 1 is 1.12 bits per heavy atom. The lowest BCUT2D eigenvalue weighted by atomic mass is 10.1. The molecule has 1 saturated carbocycles. The summed E-state index contributed by atoms with van der Waals surface area (Å²) in [5, 5.41) is 19.1. The van der Waals surface area contributed by atoms with E-state index in [-0.39, 0.29) is 39.5 Å². The fourth-order valence-electron chi connectivity index (χ4n) is 3.90. The minimum atomic E-state index is -5.93. The average Bonchev–Trinajstić information content (AvgIpc) is 3.42. The number of rotatable bonds is 8. The maximum atomic E-state index is 13.6.